The Bertz CT molecular complexity index is 1220. The Labute approximate surface area is 224 Å². The van der Waals surface area contributed by atoms with Crippen LogP contribution in [0.25, 0.3) is 0 Å². The molecule has 0 saturated carbocycles. The molecule has 0 radical (unpaired) electrons. The van der Waals surface area contributed by atoms with Gasteiger partial charge in [0, 0.05) is 12.1 Å². The van der Waals surface area contributed by atoms with Crippen LogP contribution < -0.4 is 10.6 Å². The molecule has 0 saturated heterocycles. The molecule has 0 aliphatic heterocycles. The lowest BCUT2D eigenvalue weighted by Gasteiger charge is -2.19. The number of nitrogens with one attached hydrogen (secondary N) is 2. The number of ether oxygens (including phenoxy) is 1. The van der Waals surface area contributed by atoms with Gasteiger partial charge in [-0.25, -0.2) is 4.79 Å². The van der Waals surface area contributed by atoms with Gasteiger partial charge in [-0.3, -0.25) is 9.59 Å². The van der Waals surface area contributed by atoms with Crippen LogP contribution in [0.1, 0.15) is 45.2 Å². The zero-order valence-electron chi connectivity index (χ0n) is 19.7. The molecule has 9 heteroatoms. The van der Waals surface area contributed by atoms with E-state index in [0.29, 0.717) is 28.3 Å². The molecule has 2 amide bonds. The summed E-state index contributed by atoms with van der Waals surface area (Å²) in [5.41, 5.74) is 2.45. The number of hydrogen-bond donors (Lipinski definition) is 2. The van der Waals surface area contributed by atoms with Crippen LogP contribution >= 0.6 is 34.8 Å². The standard InChI is InChI=1S/C27H25Cl3N2O4/c1-3-14-36-27(35)22(32-25(33)23-16(2)6-4-7-19(23)28)15-17-10-12-18(13-11-17)31-26(34)24-20(29)8-5-9-21(24)30/h4-13,22H,3,14-15H2,1-2H3,(H,31,34)(H,32,33). The predicted octanol–water partition coefficient (Wildman–Crippen LogP) is 6.50. The summed E-state index contributed by atoms with van der Waals surface area (Å²) in [6.07, 6.45) is 0.836. The van der Waals surface area contributed by atoms with E-state index in [2.05, 4.69) is 10.6 Å². The van der Waals surface area contributed by atoms with Gasteiger partial charge < -0.3 is 15.4 Å². The van der Waals surface area contributed by atoms with Crippen molar-refractivity contribution in [2.75, 3.05) is 11.9 Å². The van der Waals surface area contributed by atoms with Crippen molar-refractivity contribution in [2.24, 2.45) is 0 Å². The van der Waals surface area contributed by atoms with Crippen molar-refractivity contribution in [3.63, 3.8) is 0 Å². The Morgan fingerprint density at radius 2 is 1.42 bits per heavy atom. The number of aryl methyl sites for hydroxylation is 1. The molecule has 0 aliphatic carbocycles. The van der Waals surface area contributed by atoms with Gasteiger partial charge in [-0.05, 0) is 54.8 Å². The van der Waals surface area contributed by atoms with Gasteiger partial charge in [0.05, 0.1) is 32.8 Å². The molecule has 3 aromatic carbocycles. The van der Waals surface area contributed by atoms with Crippen LogP contribution in [0, 0.1) is 6.92 Å². The zero-order valence-corrected chi connectivity index (χ0v) is 22.0. The number of carbonyl (C=O) groups excluding carboxylic acids is 3. The first kappa shape index (κ1) is 27.5. The number of esters is 1. The van der Waals surface area contributed by atoms with Gasteiger partial charge in [0.15, 0.2) is 0 Å². The molecular formula is C27H25Cl3N2O4. The average molecular weight is 548 g/mol. The van der Waals surface area contributed by atoms with Crippen molar-refractivity contribution in [1.29, 1.82) is 0 Å². The minimum atomic E-state index is -0.929. The molecule has 3 aromatic rings. The molecule has 6 nitrogen and oxygen atoms in total. The van der Waals surface area contributed by atoms with E-state index in [1.165, 1.54) is 0 Å². The maximum absolute atomic E-state index is 13.0. The van der Waals surface area contributed by atoms with E-state index in [0.717, 1.165) is 5.56 Å². The highest BCUT2D eigenvalue weighted by molar-refractivity contribution is 6.40. The Hall–Kier alpha value is -3.06. The highest BCUT2D eigenvalue weighted by Gasteiger charge is 2.25. The largest absolute Gasteiger partial charge is 0.464 e. The smallest absolute Gasteiger partial charge is 0.328 e. The third-order valence-electron chi connectivity index (χ3n) is 5.33. The van der Waals surface area contributed by atoms with Crippen molar-refractivity contribution in [3.05, 3.63) is 98.0 Å². The first-order valence-corrected chi connectivity index (χ1v) is 12.4. The molecule has 3 rings (SSSR count). The molecular weight excluding hydrogens is 523 g/mol. The van der Waals surface area contributed by atoms with Crippen LogP contribution in [0.2, 0.25) is 15.1 Å². The fourth-order valence-electron chi connectivity index (χ4n) is 3.51. The van der Waals surface area contributed by atoms with Gasteiger partial charge in [-0.2, -0.15) is 0 Å². The molecule has 0 aromatic heterocycles. The topological polar surface area (TPSA) is 84.5 Å². The van der Waals surface area contributed by atoms with Crippen molar-refractivity contribution in [2.45, 2.75) is 32.7 Å². The quantitative estimate of drug-likeness (QED) is 0.299. The van der Waals surface area contributed by atoms with Gasteiger partial charge in [0.1, 0.15) is 6.04 Å². The van der Waals surface area contributed by atoms with E-state index in [1.54, 1.807) is 67.6 Å². The summed E-state index contributed by atoms with van der Waals surface area (Å²) < 4.78 is 5.30. The van der Waals surface area contributed by atoms with E-state index in [1.807, 2.05) is 6.92 Å². The Balaban J connectivity index is 1.75. The summed E-state index contributed by atoms with van der Waals surface area (Å²) >= 11 is 18.5. The summed E-state index contributed by atoms with van der Waals surface area (Å²) in [6.45, 7) is 3.90. The SMILES string of the molecule is CCCOC(=O)C(Cc1ccc(NC(=O)c2c(Cl)cccc2Cl)cc1)NC(=O)c1c(C)cccc1Cl. The van der Waals surface area contributed by atoms with Crippen molar-refractivity contribution >= 4 is 58.3 Å². The molecule has 1 unspecified atom stereocenters. The average Bonchev–Trinajstić information content (AvgIpc) is 2.83. The second-order valence-electron chi connectivity index (χ2n) is 8.08. The summed E-state index contributed by atoms with van der Waals surface area (Å²) in [5.74, 6) is -1.44. The van der Waals surface area contributed by atoms with Gasteiger partial charge in [-0.15, -0.1) is 0 Å². The van der Waals surface area contributed by atoms with Crippen LogP contribution in [0.3, 0.4) is 0 Å². The second-order valence-corrected chi connectivity index (χ2v) is 9.30. The van der Waals surface area contributed by atoms with Gasteiger partial charge >= 0.3 is 5.97 Å². The van der Waals surface area contributed by atoms with Gasteiger partial charge in [0.25, 0.3) is 11.8 Å². The molecule has 0 spiro atoms. The van der Waals surface area contributed by atoms with E-state index < -0.39 is 23.8 Å². The number of amides is 2. The van der Waals surface area contributed by atoms with Gasteiger partial charge in [-0.1, -0.05) is 72.1 Å². The summed E-state index contributed by atoms with van der Waals surface area (Å²) in [4.78, 5) is 38.3. The molecule has 36 heavy (non-hydrogen) atoms. The lowest BCUT2D eigenvalue weighted by Crippen LogP contribution is -2.43. The van der Waals surface area contributed by atoms with Crippen molar-refractivity contribution in [1.82, 2.24) is 5.32 Å². The lowest BCUT2D eigenvalue weighted by molar-refractivity contribution is -0.145. The fraction of sp³-hybridized carbons (Fsp3) is 0.222. The van der Waals surface area contributed by atoms with Gasteiger partial charge in [0.2, 0.25) is 0 Å². The number of anilines is 1. The number of hydrogen-bond acceptors (Lipinski definition) is 4. The second kappa shape index (κ2) is 12.8. The third kappa shape index (κ3) is 7.00. The Kier molecular flexibility index (Phi) is 9.76. The lowest BCUT2D eigenvalue weighted by atomic mass is 10.0. The van der Waals surface area contributed by atoms with Crippen molar-refractivity contribution in [3.8, 4) is 0 Å². The molecule has 0 heterocycles. The predicted molar refractivity (Wildman–Crippen MR) is 143 cm³/mol. The van der Waals surface area contributed by atoms with Crippen LogP contribution in [0.15, 0.2) is 60.7 Å². The van der Waals surface area contributed by atoms with E-state index >= 15 is 0 Å². The highest BCUT2D eigenvalue weighted by Crippen LogP contribution is 2.25. The highest BCUT2D eigenvalue weighted by atomic mass is 35.5. The van der Waals surface area contributed by atoms with E-state index in [-0.39, 0.29) is 28.6 Å². The summed E-state index contributed by atoms with van der Waals surface area (Å²) in [6, 6.07) is 15.9. The third-order valence-corrected chi connectivity index (χ3v) is 6.27. The van der Waals surface area contributed by atoms with E-state index in [9.17, 15) is 14.4 Å². The fourth-order valence-corrected chi connectivity index (χ4v) is 4.39. The molecule has 2 N–H and O–H groups in total. The zero-order chi connectivity index (χ0) is 26.2. The normalized spacial score (nSPS) is 11.5. The molecule has 0 bridgehead atoms. The van der Waals surface area contributed by atoms with Crippen LogP contribution in [0.4, 0.5) is 5.69 Å². The Morgan fingerprint density at radius 3 is 2.00 bits per heavy atom. The number of benzene rings is 3. The van der Waals surface area contributed by atoms with E-state index in [4.69, 9.17) is 39.5 Å². The first-order valence-electron chi connectivity index (χ1n) is 11.3. The molecule has 0 aliphatic rings. The minimum Gasteiger partial charge on any atom is -0.464 e. The number of halogens is 3. The molecule has 188 valence electrons. The summed E-state index contributed by atoms with van der Waals surface area (Å²) in [7, 11) is 0. The maximum Gasteiger partial charge on any atom is 0.328 e. The first-order chi connectivity index (χ1) is 17.2. The van der Waals surface area contributed by atoms with Crippen LogP contribution in [-0.4, -0.2) is 30.4 Å². The Morgan fingerprint density at radius 1 is 0.833 bits per heavy atom. The van der Waals surface area contributed by atoms with Crippen LogP contribution in [0.5, 0.6) is 0 Å². The monoisotopic (exact) mass is 546 g/mol. The number of carbonyl (C=O) groups is 3. The minimum absolute atomic E-state index is 0.182. The van der Waals surface area contributed by atoms with Crippen LogP contribution in [-0.2, 0) is 16.0 Å². The molecule has 1 atom stereocenters. The van der Waals surface area contributed by atoms with Crippen molar-refractivity contribution < 1.29 is 19.1 Å². The maximum atomic E-state index is 13.0. The molecule has 0 fully saturated rings. The number of rotatable bonds is 9. The summed E-state index contributed by atoms with van der Waals surface area (Å²) in [5, 5.41) is 6.30.